The van der Waals surface area contributed by atoms with Crippen molar-refractivity contribution in [2.75, 3.05) is 0 Å². The van der Waals surface area contributed by atoms with Gasteiger partial charge < -0.3 is 5.11 Å². The molecule has 9 rings (SSSR count). The summed E-state index contributed by atoms with van der Waals surface area (Å²) in [5, 5.41) is 11.2. The van der Waals surface area contributed by atoms with E-state index in [4.69, 9.17) is 9.97 Å². The summed E-state index contributed by atoms with van der Waals surface area (Å²) >= 11 is 0. The molecule has 2 aromatic heterocycles. The largest absolute Gasteiger partial charge is 0.507 e. The molecule has 9 aromatic rings. The molecule has 0 radical (unpaired) electrons. The highest BCUT2D eigenvalue weighted by Crippen LogP contribution is 2.41. The van der Waals surface area contributed by atoms with Gasteiger partial charge in [0.25, 0.3) is 0 Å². The van der Waals surface area contributed by atoms with Gasteiger partial charge in [-0.05, 0) is 101 Å². The maximum absolute atomic E-state index is 11.2. The van der Waals surface area contributed by atoms with Gasteiger partial charge in [-0.3, -0.25) is 9.55 Å². The first-order valence-electron chi connectivity index (χ1n) is 17.8. The molecule has 0 aliphatic heterocycles. The number of fused-ring (bicyclic) bond motifs is 1. The number of pyridine rings is 1. The maximum Gasteiger partial charge on any atom is 0.149 e. The molecule has 1 N–H and O–H groups in total. The van der Waals surface area contributed by atoms with Gasteiger partial charge in [0.05, 0.1) is 28.0 Å². The number of aromatic hydroxyl groups is 1. The molecule has 4 heteroatoms. The molecule has 0 aliphatic carbocycles. The van der Waals surface area contributed by atoms with Gasteiger partial charge in [0.15, 0.2) is 0 Å². The van der Waals surface area contributed by atoms with Gasteiger partial charge in [0.2, 0.25) is 0 Å². The predicted octanol–water partition coefficient (Wildman–Crippen LogP) is 12.4. The van der Waals surface area contributed by atoms with Gasteiger partial charge in [-0.1, -0.05) is 127 Å². The summed E-state index contributed by atoms with van der Waals surface area (Å²) < 4.78 is 2.20. The lowest BCUT2D eigenvalue weighted by Crippen LogP contribution is -2.01. The van der Waals surface area contributed by atoms with Gasteiger partial charge in [0.1, 0.15) is 11.6 Å². The third kappa shape index (κ3) is 6.07. The maximum atomic E-state index is 11.2. The smallest absolute Gasteiger partial charge is 0.149 e. The lowest BCUT2D eigenvalue weighted by Gasteiger charge is -2.16. The summed E-state index contributed by atoms with van der Waals surface area (Å²) in [7, 11) is 0. The fraction of sp³-hybridized carbons (Fsp3) is 0.0204. The highest BCUT2D eigenvalue weighted by Gasteiger charge is 2.22. The van der Waals surface area contributed by atoms with Crippen molar-refractivity contribution >= 4 is 11.0 Å². The highest BCUT2D eigenvalue weighted by atomic mass is 16.3. The summed E-state index contributed by atoms with van der Waals surface area (Å²) in [6, 6.07) is 62.6. The molecular weight excluding hydrogens is 647 g/mol. The fourth-order valence-corrected chi connectivity index (χ4v) is 7.24. The van der Waals surface area contributed by atoms with Crippen molar-refractivity contribution in [2.24, 2.45) is 0 Å². The minimum absolute atomic E-state index is 0.178. The van der Waals surface area contributed by atoms with E-state index in [0.717, 1.165) is 78.0 Å². The summed E-state index contributed by atoms with van der Waals surface area (Å²) in [4.78, 5) is 10.3. The topological polar surface area (TPSA) is 50.9 Å². The van der Waals surface area contributed by atoms with E-state index in [0.29, 0.717) is 11.4 Å². The number of rotatable bonds is 7. The first-order chi connectivity index (χ1) is 26.1. The van der Waals surface area contributed by atoms with Crippen LogP contribution in [0.1, 0.15) is 5.56 Å². The number of phenolic OH excluding ortho intramolecular Hbond substituents is 1. The van der Waals surface area contributed by atoms with Crippen molar-refractivity contribution in [3.05, 3.63) is 194 Å². The molecule has 0 bridgehead atoms. The second-order valence-electron chi connectivity index (χ2n) is 13.3. The number of imidazole rings is 1. The van der Waals surface area contributed by atoms with Gasteiger partial charge in [0, 0.05) is 22.9 Å². The molecule has 0 unspecified atom stereocenters. The van der Waals surface area contributed by atoms with Gasteiger partial charge in [-0.25, -0.2) is 4.98 Å². The minimum atomic E-state index is 0.178. The van der Waals surface area contributed by atoms with E-state index in [-0.39, 0.29) is 5.75 Å². The van der Waals surface area contributed by atoms with Crippen LogP contribution in [0.25, 0.3) is 83.9 Å². The Morgan fingerprint density at radius 2 is 1.08 bits per heavy atom. The van der Waals surface area contributed by atoms with Crippen LogP contribution < -0.4 is 0 Å². The molecule has 0 saturated carbocycles. The molecule has 0 saturated heterocycles. The lowest BCUT2D eigenvalue weighted by molar-refractivity contribution is 0.477. The zero-order valence-electron chi connectivity index (χ0n) is 29.2. The number of benzene rings is 7. The number of hydrogen-bond donors (Lipinski definition) is 1. The van der Waals surface area contributed by atoms with Crippen LogP contribution >= 0.6 is 0 Å². The zero-order valence-corrected chi connectivity index (χ0v) is 29.2. The third-order valence-electron chi connectivity index (χ3n) is 9.82. The third-order valence-corrected chi connectivity index (χ3v) is 9.82. The molecule has 53 heavy (non-hydrogen) atoms. The number of aromatic nitrogens is 3. The van der Waals surface area contributed by atoms with Crippen molar-refractivity contribution in [3.63, 3.8) is 0 Å². The van der Waals surface area contributed by atoms with Crippen LogP contribution in [0.5, 0.6) is 5.75 Å². The Morgan fingerprint density at radius 1 is 0.453 bits per heavy atom. The second-order valence-corrected chi connectivity index (χ2v) is 13.3. The molecule has 0 aliphatic rings. The van der Waals surface area contributed by atoms with E-state index in [1.807, 2.05) is 42.6 Å². The summed E-state index contributed by atoms with van der Waals surface area (Å²) in [5.74, 6) is 0.847. The van der Waals surface area contributed by atoms with Crippen molar-refractivity contribution in [3.8, 4) is 78.6 Å². The van der Waals surface area contributed by atoms with Crippen molar-refractivity contribution in [1.82, 2.24) is 14.5 Å². The standard InChI is InChI=1S/C49H35N3O/c1-33-24-25-45(43(28-33)36-18-9-4-10-19-36)52-46-22-13-21-41(48(46)51-49(52)42-20-11-12-23-47(42)53)39-29-38(35-16-7-3-8-17-35)30-40(31-39)44-32-37(26-27-50-44)34-14-5-2-6-15-34/h2-32,53H,1H3. The van der Waals surface area contributed by atoms with Crippen molar-refractivity contribution < 1.29 is 5.11 Å². The number of hydrogen-bond acceptors (Lipinski definition) is 3. The molecule has 0 atom stereocenters. The average Bonchev–Trinajstić information content (AvgIpc) is 3.61. The quantitative estimate of drug-likeness (QED) is 0.182. The van der Waals surface area contributed by atoms with Crippen molar-refractivity contribution in [2.45, 2.75) is 6.92 Å². The van der Waals surface area contributed by atoms with E-state index in [2.05, 4.69) is 151 Å². The average molecular weight is 682 g/mol. The molecule has 252 valence electrons. The predicted molar refractivity (Wildman–Crippen MR) is 218 cm³/mol. The minimum Gasteiger partial charge on any atom is -0.507 e. The molecular formula is C49H35N3O. The van der Waals surface area contributed by atoms with E-state index < -0.39 is 0 Å². The Morgan fingerprint density at radius 3 is 1.81 bits per heavy atom. The fourth-order valence-electron chi connectivity index (χ4n) is 7.24. The lowest BCUT2D eigenvalue weighted by atomic mass is 9.93. The summed E-state index contributed by atoms with van der Waals surface area (Å²) in [6.07, 6.45) is 1.89. The van der Waals surface area contributed by atoms with E-state index in [9.17, 15) is 5.11 Å². The first kappa shape index (κ1) is 31.9. The number of nitrogens with zero attached hydrogens (tertiary/aromatic N) is 3. The van der Waals surface area contributed by atoms with E-state index >= 15 is 0 Å². The highest BCUT2D eigenvalue weighted by molar-refractivity contribution is 5.98. The van der Waals surface area contributed by atoms with Crippen LogP contribution in [0, 0.1) is 6.92 Å². The first-order valence-corrected chi connectivity index (χ1v) is 17.8. The normalized spacial score (nSPS) is 11.2. The molecule has 0 fully saturated rings. The second kappa shape index (κ2) is 13.6. The Hall–Kier alpha value is -7.04. The molecule has 0 amide bonds. The van der Waals surface area contributed by atoms with Crippen LogP contribution in [0.15, 0.2) is 188 Å². The SMILES string of the molecule is Cc1ccc(-n2c(-c3ccccc3O)nc3c(-c4cc(-c5ccccc5)cc(-c5cc(-c6ccccc6)ccn5)c4)cccc32)c(-c2ccccc2)c1. The van der Waals surface area contributed by atoms with Crippen molar-refractivity contribution in [1.29, 1.82) is 0 Å². The van der Waals surface area contributed by atoms with Gasteiger partial charge in [-0.15, -0.1) is 0 Å². The zero-order chi connectivity index (χ0) is 35.7. The van der Waals surface area contributed by atoms with E-state index in [1.165, 1.54) is 0 Å². The number of phenols is 1. The summed E-state index contributed by atoms with van der Waals surface area (Å²) in [5.41, 5.74) is 15.2. The summed E-state index contributed by atoms with van der Waals surface area (Å²) in [6.45, 7) is 2.12. The molecule has 0 spiro atoms. The monoisotopic (exact) mass is 681 g/mol. The van der Waals surface area contributed by atoms with Crippen LogP contribution in [-0.2, 0) is 0 Å². The van der Waals surface area contributed by atoms with Crippen LogP contribution in [0.2, 0.25) is 0 Å². The number of para-hydroxylation sites is 2. The molecule has 2 heterocycles. The van der Waals surface area contributed by atoms with Crippen LogP contribution in [-0.4, -0.2) is 19.6 Å². The Balaban J connectivity index is 1.30. The van der Waals surface area contributed by atoms with Crippen LogP contribution in [0.3, 0.4) is 0 Å². The Bertz CT molecular complexity index is 2730. The van der Waals surface area contributed by atoms with Crippen LogP contribution in [0.4, 0.5) is 0 Å². The van der Waals surface area contributed by atoms with Gasteiger partial charge in [-0.2, -0.15) is 0 Å². The Kier molecular flexibility index (Phi) is 8.18. The molecule has 4 nitrogen and oxygen atoms in total. The van der Waals surface area contributed by atoms with Gasteiger partial charge >= 0.3 is 0 Å². The molecule has 7 aromatic carbocycles. The Labute approximate surface area is 309 Å². The number of aryl methyl sites for hydroxylation is 1. The van der Waals surface area contributed by atoms with E-state index in [1.54, 1.807) is 6.07 Å².